The number of morpholine rings is 1. The number of amides is 1. The maximum atomic E-state index is 12.6. The Balaban J connectivity index is 2.09. The number of nitrogens with zero attached hydrogens (tertiary/aromatic N) is 1. The molecule has 0 aromatic carbocycles. The highest BCUT2D eigenvalue weighted by Gasteiger charge is 2.38. The molecular formula is C14H21NO5. The van der Waals surface area contributed by atoms with Crippen LogP contribution in [0.3, 0.4) is 0 Å². The molecule has 0 aromatic heterocycles. The molecular weight excluding hydrogens is 262 g/mol. The molecule has 1 amide bonds. The third-order valence-electron chi connectivity index (χ3n) is 3.91. The van der Waals surface area contributed by atoms with Gasteiger partial charge in [0.25, 0.3) is 0 Å². The normalized spacial score (nSPS) is 34.0. The molecule has 6 heteroatoms. The lowest BCUT2D eigenvalue weighted by molar-refractivity contribution is -0.158. The summed E-state index contributed by atoms with van der Waals surface area (Å²) in [5.74, 6) is -2.23. The number of hydrogen-bond donors (Lipinski definition) is 2. The number of rotatable bonds is 3. The summed E-state index contributed by atoms with van der Waals surface area (Å²) >= 11 is 0. The number of carbonyl (C=O) groups excluding carboxylic acids is 1. The molecule has 2 aliphatic rings. The lowest BCUT2D eigenvalue weighted by Gasteiger charge is -2.39. The highest BCUT2D eigenvalue weighted by Crippen LogP contribution is 2.28. The fourth-order valence-electron chi connectivity index (χ4n) is 2.92. The van der Waals surface area contributed by atoms with E-state index in [-0.39, 0.29) is 24.7 Å². The summed E-state index contributed by atoms with van der Waals surface area (Å²) < 4.78 is 5.50. The number of carboxylic acid groups (broad SMARTS) is 1. The van der Waals surface area contributed by atoms with Gasteiger partial charge in [-0.15, -0.1) is 0 Å². The van der Waals surface area contributed by atoms with Gasteiger partial charge in [-0.25, -0.2) is 0 Å². The molecule has 0 aromatic rings. The Morgan fingerprint density at radius 3 is 2.50 bits per heavy atom. The zero-order chi connectivity index (χ0) is 14.7. The molecule has 4 atom stereocenters. The highest BCUT2D eigenvalue weighted by atomic mass is 16.5. The van der Waals surface area contributed by atoms with Gasteiger partial charge in [-0.1, -0.05) is 12.2 Å². The lowest BCUT2D eigenvalue weighted by Crippen LogP contribution is -2.53. The van der Waals surface area contributed by atoms with Gasteiger partial charge in [0.15, 0.2) is 0 Å². The van der Waals surface area contributed by atoms with Gasteiger partial charge in [0.05, 0.1) is 30.7 Å². The van der Waals surface area contributed by atoms with Crippen LogP contribution in [0.25, 0.3) is 0 Å². The number of carbonyl (C=O) groups is 2. The van der Waals surface area contributed by atoms with Crippen molar-refractivity contribution in [2.45, 2.75) is 32.0 Å². The smallest absolute Gasteiger partial charge is 0.307 e. The maximum Gasteiger partial charge on any atom is 0.307 e. The largest absolute Gasteiger partial charge is 0.481 e. The van der Waals surface area contributed by atoms with Gasteiger partial charge in [-0.3, -0.25) is 9.59 Å². The minimum Gasteiger partial charge on any atom is -0.481 e. The number of aliphatic hydroxyl groups excluding tert-OH is 1. The van der Waals surface area contributed by atoms with Gasteiger partial charge >= 0.3 is 5.97 Å². The standard InChI is InChI=1S/C14H21NO5/c1-9-6-15(7-10(8-16)20-9)13(17)11-4-2-3-5-12(11)14(18)19/h2-3,9-12,16H,4-8H2,1H3,(H,18,19). The Morgan fingerprint density at radius 2 is 1.90 bits per heavy atom. The van der Waals surface area contributed by atoms with Crippen molar-refractivity contribution in [2.24, 2.45) is 11.8 Å². The van der Waals surface area contributed by atoms with Crippen LogP contribution in [0.1, 0.15) is 19.8 Å². The van der Waals surface area contributed by atoms with Crippen molar-refractivity contribution in [1.29, 1.82) is 0 Å². The minimum absolute atomic E-state index is 0.138. The monoisotopic (exact) mass is 283 g/mol. The van der Waals surface area contributed by atoms with E-state index in [2.05, 4.69) is 0 Å². The van der Waals surface area contributed by atoms with E-state index in [4.69, 9.17) is 4.74 Å². The summed E-state index contributed by atoms with van der Waals surface area (Å²) in [4.78, 5) is 25.5. The third-order valence-corrected chi connectivity index (χ3v) is 3.91. The van der Waals surface area contributed by atoms with E-state index in [1.54, 1.807) is 4.90 Å². The minimum atomic E-state index is -0.923. The predicted octanol–water partition coefficient (Wildman–Crippen LogP) is 0.262. The van der Waals surface area contributed by atoms with Crippen LogP contribution in [-0.2, 0) is 14.3 Å². The first-order chi connectivity index (χ1) is 9.52. The van der Waals surface area contributed by atoms with E-state index in [9.17, 15) is 19.8 Å². The SMILES string of the molecule is CC1CN(C(=O)C2CC=CCC2C(=O)O)CC(CO)O1. The van der Waals surface area contributed by atoms with Crippen LogP contribution >= 0.6 is 0 Å². The summed E-state index contributed by atoms with van der Waals surface area (Å²) in [6, 6.07) is 0. The van der Waals surface area contributed by atoms with E-state index >= 15 is 0 Å². The molecule has 0 bridgehead atoms. The molecule has 2 rings (SSSR count). The van der Waals surface area contributed by atoms with E-state index in [1.165, 1.54) is 0 Å². The molecule has 0 spiro atoms. The summed E-state index contributed by atoms with van der Waals surface area (Å²) in [6.07, 6.45) is 4.02. The lowest BCUT2D eigenvalue weighted by atomic mass is 9.82. The van der Waals surface area contributed by atoms with Crippen molar-refractivity contribution in [3.05, 3.63) is 12.2 Å². The Morgan fingerprint density at radius 1 is 1.25 bits per heavy atom. The molecule has 4 unspecified atom stereocenters. The zero-order valence-corrected chi connectivity index (χ0v) is 11.6. The van der Waals surface area contributed by atoms with Crippen LogP contribution in [-0.4, -0.2) is 58.9 Å². The van der Waals surface area contributed by atoms with E-state index in [0.717, 1.165) is 0 Å². The van der Waals surface area contributed by atoms with Gasteiger partial charge in [0, 0.05) is 13.1 Å². The van der Waals surface area contributed by atoms with Crippen LogP contribution in [0.4, 0.5) is 0 Å². The van der Waals surface area contributed by atoms with Crippen molar-refractivity contribution >= 4 is 11.9 Å². The van der Waals surface area contributed by atoms with E-state index in [0.29, 0.717) is 25.9 Å². The van der Waals surface area contributed by atoms with E-state index in [1.807, 2.05) is 19.1 Å². The summed E-state index contributed by atoms with van der Waals surface area (Å²) in [5, 5.41) is 18.4. The zero-order valence-electron chi connectivity index (χ0n) is 11.6. The Bertz CT molecular complexity index is 408. The van der Waals surface area contributed by atoms with Crippen molar-refractivity contribution in [2.75, 3.05) is 19.7 Å². The van der Waals surface area contributed by atoms with Crippen molar-refractivity contribution in [1.82, 2.24) is 4.90 Å². The summed E-state index contributed by atoms with van der Waals surface area (Å²) in [5.41, 5.74) is 0. The number of ether oxygens (including phenoxy) is 1. The number of allylic oxidation sites excluding steroid dienone is 2. The molecule has 6 nitrogen and oxygen atoms in total. The molecule has 20 heavy (non-hydrogen) atoms. The topological polar surface area (TPSA) is 87.1 Å². The fraction of sp³-hybridized carbons (Fsp3) is 0.714. The number of hydrogen-bond acceptors (Lipinski definition) is 4. The first-order valence-electron chi connectivity index (χ1n) is 6.95. The molecule has 0 saturated carbocycles. The van der Waals surface area contributed by atoms with Crippen LogP contribution < -0.4 is 0 Å². The van der Waals surface area contributed by atoms with Gasteiger partial charge in [-0.2, -0.15) is 0 Å². The Kier molecular flexibility index (Phi) is 4.77. The van der Waals surface area contributed by atoms with Crippen molar-refractivity contribution in [3.8, 4) is 0 Å². The molecule has 1 heterocycles. The van der Waals surface area contributed by atoms with Crippen LogP contribution in [0.15, 0.2) is 12.2 Å². The van der Waals surface area contributed by atoms with Gasteiger partial charge < -0.3 is 19.8 Å². The van der Waals surface area contributed by atoms with Crippen LogP contribution in [0, 0.1) is 11.8 Å². The molecule has 2 N–H and O–H groups in total. The second-order valence-electron chi connectivity index (χ2n) is 5.49. The van der Waals surface area contributed by atoms with Crippen LogP contribution in [0.2, 0.25) is 0 Å². The molecule has 0 radical (unpaired) electrons. The Hall–Kier alpha value is -1.40. The predicted molar refractivity (Wildman–Crippen MR) is 71.0 cm³/mol. The maximum absolute atomic E-state index is 12.6. The average molecular weight is 283 g/mol. The number of aliphatic carboxylic acids is 1. The second-order valence-corrected chi connectivity index (χ2v) is 5.49. The van der Waals surface area contributed by atoms with Gasteiger partial charge in [0.1, 0.15) is 0 Å². The van der Waals surface area contributed by atoms with E-state index < -0.39 is 17.8 Å². The first-order valence-corrected chi connectivity index (χ1v) is 6.95. The molecule has 1 aliphatic carbocycles. The number of aliphatic hydroxyl groups is 1. The Labute approximate surface area is 118 Å². The summed E-state index contributed by atoms with van der Waals surface area (Å²) in [7, 11) is 0. The molecule has 1 fully saturated rings. The fourth-order valence-corrected chi connectivity index (χ4v) is 2.92. The average Bonchev–Trinajstić information content (AvgIpc) is 2.45. The third kappa shape index (κ3) is 3.19. The highest BCUT2D eigenvalue weighted by molar-refractivity contribution is 5.85. The number of carboxylic acids is 1. The van der Waals surface area contributed by atoms with Crippen molar-refractivity contribution < 1.29 is 24.5 Å². The summed E-state index contributed by atoms with van der Waals surface area (Å²) in [6.45, 7) is 2.48. The molecule has 112 valence electrons. The molecule has 1 aliphatic heterocycles. The molecule has 1 saturated heterocycles. The van der Waals surface area contributed by atoms with Crippen molar-refractivity contribution in [3.63, 3.8) is 0 Å². The van der Waals surface area contributed by atoms with Gasteiger partial charge in [0.2, 0.25) is 5.91 Å². The second kappa shape index (κ2) is 6.37. The van der Waals surface area contributed by atoms with Crippen LogP contribution in [0.5, 0.6) is 0 Å². The van der Waals surface area contributed by atoms with Gasteiger partial charge in [-0.05, 0) is 19.8 Å². The quantitative estimate of drug-likeness (QED) is 0.726. The first kappa shape index (κ1) is 15.0.